The highest BCUT2D eigenvalue weighted by molar-refractivity contribution is 14.0. The Morgan fingerprint density at radius 2 is 1.86 bits per heavy atom. The molecule has 0 aliphatic heterocycles. The first kappa shape index (κ1) is 28.6. The summed E-state index contributed by atoms with van der Waals surface area (Å²) in [5.41, 5.74) is 0. The molecule has 0 radical (unpaired) electrons. The van der Waals surface area contributed by atoms with Gasteiger partial charge in [-0.15, -0.1) is 35.3 Å². The summed E-state index contributed by atoms with van der Waals surface area (Å²) < 4.78 is 26.0. The Labute approximate surface area is 198 Å². The number of nitrogens with zero attached hydrogens (tertiary/aromatic N) is 3. The van der Waals surface area contributed by atoms with E-state index in [9.17, 15) is 8.42 Å². The summed E-state index contributed by atoms with van der Waals surface area (Å²) in [7, 11) is -0.291. The maximum Gasteiger partial charge on any atom is 0.252 e. The molecule has 1 atom stereocenters. The molecule has 0 amide bonds. The lowest BCUT2D eigenvalue weighted by molar-refractivity contribution is 0.292. The van der Waals surface area contributed by atoms with E-state index in [0.717, 1.165) is 49.9 Å². The molecule has 0 aromatic carbocycles. The van der Waals surface area contributed by atoms with Gasteiger partial charge in [0.15, 0.2) is 5.96 Å². The van der Waals surface area contributed by atoms with E-state index in [0.29, 0.717) is 16.8 Å². The van der Waals surface area contributed by atoms with E-state index in [4.69, 9.17) is 0 Å². The summed E-state index contributed by atoms with van der Waals surface area (Å²) in [6.45, 7) is 13.1. The van der Waals surface area contributed by atoms with E-state index in [1.807, 2.05) is 13.0 Å². The van der Waals surface area contributed by atoms with E-state index < -0.39 is 10.0 Å². The highest BCUT2D eigenvalue weighted by Gasteiger charge is 2.19. The SMILES string of the molecule is CCNC(=NCc1ccc(S(=O)(=O)N(C)C)s1)NC(C)CCCN(CC)CC.I. The average molecular weight is 560 g/mol. The standard InChI is InChI=1S/C19H37N5O2S2.HI/c1-7-20-19(22-16(4)11-10-14-24(8-2)9-3)21-15-17-12-13-18(27-17)28(25,26)23(5)6;/h12-13,16H,7-11,14-15H2,1-6H3,(H2,20,21,22);1H. The fraction of sp³-hybridized carbons (Fsp3) is 0.737. The molecule has 0 aliphatic rings. The molecule has 1 aromatic rings. The van der Waals surface area contributed by atoms with Crippen molar-refractivity contribution in [3.05, 3.63) is 17.0 Å². The number of hydrogen-bond donors (Lipinski definition) is 2. The third-order valence-electron chi connectivity index (χ3n) is 4.50. The Kier molecular flexibility index (Phi) is 14.3. The lowest BCUT2D eigenvalue weighted by atomic mass is 10.2. The van der Waals surface area contributed by atoms with Gasteiger partial charge in [-0.25, -0.2) is 17.7 Å². The van der Waals surface area contributed by atoms with Crippen molar-refractivity contribution in [2.45, 2.75) is 57.3 Å². The van der Waals surface area contributed by atoms with Crippen molar-refractivity contribution in [3.8, 4) is 0 Å². The Balaban J connectivity index is 0.00000784. The van der Waals surface area contributed by atoms with E-state index >= 15 is 0 Å². The van der Waals surface area contributed by atoms with Crippen LogP contribution in [0.3, 0.4) is 0 Å². The molecule has 0 saturated heterocycles. The molecule has 2 N–H and O–H groups in total. The third-order valence-corrected chi connectivity index (χ3v) is 7.85. The quantitative estimate of drug-likeness (QED) is 0.234. The largest absolute Gasteiger partial charge is 0.357 e. The number of halogens is 1. The zero-order chi connectivity index (χ0) is 21.2. The zero-order valence-corrected chi connectivity index (χ0v) is 22.5. The second-order valence-electron chi connectivity index (χ2n) is 6.92. The number of rotatable bonds is 12. The molecule has 170 valence electrons. The van der Waals surface area contributed by atoms with Crippen LogP contribution in [0.25, 0.3) is 0 Å². The lowest BCUT2D eigenvalue weighted by Crippen LogP contribution is -2.42. The first-order valence-electron chi connectivity index (χ1n) is 10.0. The van der Waals surface area contributed by atoms with Crippen molar-refractivity contribution < 1.29 is 8.42 Å². The van der Waals surface area contributed by atoms with Crippen molar-refractivity contribution in [2.75, 3.05) is 40.3 Å². The topological polar surface area (TPSA) is 77.0 Å². The number of sulfonamides is 1. The number of aliphatic imine (C=N–C) groups is 1. The van der Waals surface area contributed by atoms with Crippen molar-refractivity contribution >= 4 is 51.3 Å². The fourth-order valence-corrected chi connectivity index (χ4v) is 5.15. The molecule has 0 aliphatic carbocycles. The van der Waals surface area contributed by atoms with E-state index in [2.05, 4.69) is 41.3 Å². The van der Waals surface area contributed by atoms with Gasteiger partial charge in [-0.05, 0) is 58.5 Å². The van der Waals surface area contributed by atoms with Crippen LogP contribution in [0.4, 0.5) is 0 Å². The number of guanidine groups is 1. The molecule has 0 saturated carbocycles. The molecular formula is C19H38IN5O2S2. The molecule has 0 spiro atoms. The number of nitrogens with one attached hydrogen (secondary N) is 2. The Bertz CT molecular complexity index is 703. The van der Waals surface area contributed by atoms with Gasteiger partial charge in [0.2, 0.25) is 0 Å². The molecule has 29 heavy (non-hydrogen) atoms. The van der Waals surface area contributed by atoms with Crippen LogP contribution in [0, 0.1) is 0 Å². The van der Waals surface area contributed by atoms with Gasteiger partial charge < -0.3 is 15.5 Å². The number of thiophene rings is 1. The minimum absolute atomic E-state index is 0. The molecule has 0 fully saturated rings. The van der Waals surface area contributed by atoms with Gasteiger partial charge in [-0.2, -0.15) is 0 Å². The summed E-state index contributed by atoms with van der Waals surface area (Å²) in [6.07, 6.45) is 2.22. The van der Waals surface area contributed by atoms with Gasteiger partial charge in [-0.3, -0.25) is 0 Å². The molecule has 7 nitrogen and oxygen atoms in total. The fourth-order valence-electron chi connectivity index (χ4n) is 2.71. The molecular weight excluding hydrogens is 521 g/mol. The Hall–Kier alpha value is -0.430. The van der Waals surface area contributed by atoms with Crippen LogP contribution >= 0.6 is 35.3 Å². The monoisotopic (exact) mass is 559 g/mol. The molecule has 0 bridgehead atoms. The van der Waals surface area contributed by atoms with Crippen molar-refractivity contribution in [3.63, 3.8) is 0 Å². The molecule has 1 unspecified atom stereocenters. The van der Waals surface area contributed by atoms with Gasteiger partial charge in [0.25, 0.3) is 10.0 Å². The number of hydrogen-bond acceptors (Lipinski definition) is 5. The Morgan fingerprint density at radius 1 is 1.21 bits per heavy atom. The van der Waals surface area contributed by atoms with Crippen LogP contribution in [-0.2, 0) is 16.6 Å². The lowest BCUT2D eigenvalue weighted by Gasteiger charge is -2.21. The van der Waals surface area contributed by atoms with Crippen LogP contribution in [0.15, 0.2) is 21.3 Å². The molecule has 1 heterocycles. The van der Waals surface area contributed by atoms with Crippen molar-refractivity contribution in [2.24, 2.45) is 4.99 Å². The zero-order valence-electron chi connectivity index (χ0n) is 18.6. The smallest absolute Gasteiger partial charge is 0.252 e. The summed E-state index contributed by atoms with van der Waals surface area (Å²) in [6, 6.07) is 3.81. The summed E-state index contributed by atoms with van der Waals surface area (Å²) in [5.74, 6) is 0.767. The third kappa shape index (κ3) is 9.95. The minimum atomic E-state index is -3.38. The van der Waals surface area contributed by atoms with E-state index in [1.165, 1.54) is 15.6 Å². The summed E-state index contributed by atoms with van der Waals surface area (Å²) >= 11 is 1.27. The van der Waals surface area contributed by atoms with Gasteiger partial charge in [0.05, 0.1) is 6.54 Å². The molecule has 1 rings (SSSR count). The van der Waals surface area contributed by atoms with Crippen molar-refractivity contribution in [1.82, 2.24) is 19.8 Å². The van der Waals surface area contributed by atoms with Crippen LogP contribution in [0.2, 0.25) is 0 Å². The van der Waals surface area contributed by atoms with Crippen LogP contribution in [0.5, 0.6) is 0 Å². The predicted molar refractivity (Wildman–Crippen MR) is 135 cm³/mol. The first-order valence-corrected chi connectivity index (χ1v) is 12.3. The van der Waals surface area contributed by atoms with Crippen LogP contribution in [-0.4, -0.2) is 69.9 Å². The minimum Gasteiger partial charge on any atom is -0.357 e. The summed E-state index contributed by atoms with van der Waals surface area (Å²) in [4.78, 5) is 7.98. The first-order chi connectivity index (χ1) is 13.2. The van der Waals surface area contributed by atoms with E-state index in [-0.39, 0.29) is 24.0 Å². The van der Waals surface area contributed by atoms with Crippen LogP contribution < -0.4 is 10.6 Å². The summed E-state index contributed by atoms with van der Waals surface area (Å²) in [5, 5.41) is 6.72. The maximum atomic E-state index is 12.2. The normalized spacial score (nSPS) is 13.4. The molecule has 1 aromatic heterocycles. The predicted octanol–water partition coefficient (Wildman–Crippen LogP) is 3.18. The van der Waals surface area contributed by atoms with E-state index in [1.54, 1.807) is 20.2 Å². The van der Waals surface area contributed by atoms with Gasteiger partial charge in [0, 0.05) is 31.6 Å². The van der Waals surface area contributed by atoms with Gasteiger partial charge >= 0.3 is 0 Å². The van der Waals surface area contributed by atoms with Crippen molar-refractivity contribution in [1.29, 1.82) is 0 Å². The highest BCUT2D eigenvalue weighted by Crippen LogP contribution is 2.24. The maximum absolute atomic E-state index is 12.2. The van der Waals surface area contributed by atoms with Gasteiger partial charge in [0.1, 0.15) is 4.21 Å². The Morgan fingerprint density at radius 3 is 2.41 bits per heavy atom. The highest BCUT2D eigenvalue weighted by atomic mass is 127. The second kappa shape index (κ2) is 14.6. The second-order valence-corrected chi connectivity index (χ2v) is 10.5. The molecule has 10 heteroatoms. The van der Waals surface area contributed by atoms with Crippen LogP contribution in [0.1, 0.15) is 45.4 Å². The average Bonchev–Trinajstić information content (AvgIpc) is 3.13. The van der Waals surface area contributed by atoms with Gasteiger partial charge in [-0.1, -0.05) is 13.8 Å².